The largest absolute Gasteiger partial charge is 0.481 e. The molecule has 1 amide bonds. The summed E-state index contributed by atoms with van der Waals surface area (Å²) in [5.74, 6) is 0.438. The second kappa shape index (κ2) is 7.47. The Morgan fingerprint density at radius 2 is 1.69 bits per heavy atom. The number of fused-ring (bicyclic) bond motifs is 2. The van der Waals surface area contributed by atoms with Gasteiger partial charge in [-0.2, -0.15) is 0 Å². The van der Waals surface area contributed by atoms with Gasteiger partial charge in [-0.25, -0.2) is 4.79 Å². The molecule has 0 bridgehead atoms. The van der Waals surface area contributed by atoms with E-state index in [4.69, 9.17) is 4.74 Å². The molecule has 6 nitrogen and oxygen atoms in total. The van der Waals surface area contributed by atoms with Crippen LogP contribution >= 0.6 is 0 Å². The number of benzene rings is 3. The molecule has 3 aromatic carbocycles. The van der Waals surface area contributed by atoms with Crippen LogP contribution in [0.1, 0.15) is 13.3 Å². The number of carbonyl (C=O) groups is 1. The smallest absolute Gasteiger partial charge is 0.328 e. The van der Waals surface area contributed by atoms with Gasteiger partial charge in [0, 0.05) is 19.8 Å². The third kappa shape index (κ3) is 3.49. The molecule has 0 aliphatic rings. The first kappa shape index (κ1) is 18.8. The summed E-state index contributed by atoms with van der Waals surface area (Å²) in [4.78, 5) is 24.9. The number of hydrogen-bond acceptors (Lipinski definition) is 3. The Hall–Kier alpha value is -3.54. The molecule has 0 spiro atoms. The number of nitrogens with one attached hydrogen (secondary N) is 1. The lowest BCUT2D eigenvalue weighted by atomic mass is 10.1. The lowest BCUT2D eigenvalue weighted by Gasteiger charge is -2.18. The van der Waals surface area contributed by atoms with E-state index < -0.39 is 6.10 Å². The molecular weight excluding hydrogens is 366 g/mol. The molecule has 148 valence electrons. The predicted octanol–water partition coefficient (Wildman–Crippen LogP) is 3.83. The summed E-state index contributed by atoms with van der Waals surface area (Å²) in [5.41, 5.74) is 2.10. The predicted molar refractivity (Wildman–Crippen MR) is 115 cm³/mol. The number of amides is 1. The van der Waals surface area contributed by atoms with E-state index in [0.717, 1.165) is 21.8 Å². The highest BCUT2D eigenvalue weighted by atomic mass is 16.5. The van der Waals surface area contributed by atoms with Crippen molar-refractivity contribution in [2.45, 2.75) is 19.4 Å². The monoisotopic (exact) mass is 389 g/mol. The van der Waals surface area contributed by atoms with E-state index in [2.05, 4.69) is 5.32 Å². The van der Waals surface area contributed by atoms with Crippen LogP contribution in [0.2, 0.25) is 0 Å². The number of imidazole rings is 1. The van der Waals surface area contributed by atoms with Crippen molar-refractivity contribution in [1.29, 1.82) is 0 Å². The highest BCUT2D eigenvalue weighted by Gasteiger charge is 2.19. The fourth-order valence-electron chi connectivity index (χ4n) is 3.53. The number of rotatable bonds is 5. The van der Waals surface area contributed by atoms with E-state index in [1.807, 2.05) is 55.5 Å². The molecule has 4 rings (SSSR count). The van der Waals surface area contributed by atoms with Crippen LogP contribution in [0.15, 0.2) is 65.5 Å². The SMILES string of the molecule is CC[C@@H](Oc1ccc2ccccc2c1)C(=O)Nc1ccc2c(c1)n(C)c(=O)n2C. The van der Waals surface area contributed by atoms with Gasteiger partial charge in [-0.15, -0.1) is 0 Å². The minimum Gasteiger partial charge on any atom is -0.481 e. The number of anilines is 1. The van der Waals surface area contributed by atoms with Crippen molar-refractivity contribution in [3.05, 3.63) is 71.1 Å². The lowest BCUT2D eigenvalue weighted by molar-refractivity contribution is -0.122. The van der Waals surface area contributed by atoms with Gasteiger partial charge in [-0.3, -0.25) is 13.9 Å². The van der Waals surface area contributed by atoms with Gasteiger partial charge in [0.1, 0.15) is 5.75 Å². The molecule has 0 unspecified atom stereocenters. The van der Waals surface area contributed by atoms with Gasteiger partial charge in [-0.1, -0.05) is 37.3 Å². The first-order chi connectivity index (χ1) is 14.0. The van der Waals surface area contributed by atoms with Gasteiger partial charge >= 0.3 is 5.69 Å². The van der Waals surface area contributed by atoms with Crippen molar-refractivity contribution in [1.82, 2.24) is 9.13 Å². The minimum absolute atomic E-state index is 0.102. The quantitative estimate of drug-likeness (QED) is 0.564. The van der Waals surface area contributed by atoms with Crippen molar-refractivity contribution in [2.24, 2.45) is 14.1 Å². The fourth-order valence-corrected chi connectivity index (χ4v) is 3.53. The Kier molecular flexibility index (Phi) is 4.84. The second-order valence-electron chi connectivity index (χ2n) is 7.12. The van der Waals surface area contributed by atoms with Crippen molar-refractivity contribution in [3.8, 4) is 5.75 Å². The number of ether oxygens (including phenoxy) is 1. The summed E-state index contributed by atoms with van der Waals surface area (Å²) in [6.45, 7) is 1.91. The Morgan fingerprint density at radius 3 is 2.45 bits per heavy atom. The standard InChI is InChI=1S/C23H23N3O3/c1-4-21(29-18-11-9-15-7-5-6-8-16(15)13-18)22(27)24-17-10-12-19-20(14-17)26(3)23(28)25(19)2/h5-14,21H,4H2,1-3H3,(H,24,27)/t21-/m1/s1. The van der Waals surface area contributed by atoms with Crippen LogP contribution in [0.25, 0.3) is 21.8 Å². The molecule has 0 saturated carbocycles. The summed E-state index contributed by atoms with van der Waals surface area (Å²) in [5, 5.41) is 5.10. The van der Waals surface area contributed by atoms with Crippen molar-refractivity contribution >= 4 is 33.4 Å². The Labute approximate surface area is 168 Å². The number of carbonyl (C=O) groups excluding carboxylic acids is 1. The zero-order chi connectivity index (χ0) is 20.5. The number of aromatic nitrogens is 2. The van der Waals surface area contributed by atoms with Crippen molar-refractivity contribution < 1.29 is 9.53 Å². The number of nitrogens with zero attached hydrogens (tertiary/aromatic N) is 2. The van der Waals surface area contributed by atoms with Gasteiger partial charge in [0.2, 0.25) is 0 Å². The van der Waals surface area contributed by atoms with Crippen molar-refractivity contribution in [2.75, 3.05) is 5.32 Å². The van der Waals surface area contributed by atoms with Crippen LogP contribution in [0.4, 0.5) is 5.69 Å². The summed E-state index contributed by atoms with van der Waals surface area (Å²) in [6.07, 6.45) is -0.0866. The molecular formula is C23H23N3O3. The molecule has 1 N–H and O–H groups in total. The zero-order valence-electron chi connectivity index (χ0n) is 16.7. The molecule has 29 heavy (non-hydrogen) atoms. The fraction of sp³-hybridized carbons (Fsp3) is 0.217. The minimum atomic E-state index is -0.619. The lowest BCUT2D eigenvalue weighted by Crippen LogP contribution is -2.32. The molecule has 0 aliphatic carbocycles. The molecule has 1 heterocycles. The van der Waals surface area contributed by atoms with Crippen LogP contribution < -0.4 is 15.7 Å². The third-order valence-electron chi connectivity index (χ3n) is 5.20. The number of aryl methyl sites for hydroxylation is 2. The van der Waals surface area contributed by atoms with E-state index in [0.29, 0.717) is 17.9 Å². The van der Waals surface area contributed by atoms with Gasteiger partial charge in [-0.05, 0) is 47.5 Å². The van der Waals surface area contributed by atoms with Crippen molar-refractivity contribution in [3.63, 3.8) is 0 Å². The van der Waals surface area contributed by atoms with Crippen LogP contribution in [-0.2, 0) is 18.9 Å². The number of hydrogen-bond donors (Lipinski definition) is 1. The maximum Gasteiger partial charge on any atom is 0.328 e. The third-order valence-corrected chi connectivity index (χ3v) is 5.20. The first-order valence-corrected chi connectivity index (χ1v) is 9.59. The van der Waals surface area contributed by atoms with Crippen LogP contribution in [0.3, 0.4) is 0 Å². The van der Waals surface area contributed by atoms with Crippen LogP contribution in [-0.4, -0.2) is 21.1 Å². The average Bonchev–Trinajstić information content (AvgIpc) is 2.95. The van der Waals surface area contributed by atoms with E-state index in [1.54, 1.807) is 35.4 Å². The summed E-state index contributed by atoms with van der Waals surface area (Å²) >= 11 is 0. The molecule has 1 atom stereocenters. The highest BCUT2D eigenvalue weighted by molar-refractivity contribution is 5.96. The van der Waals surface area contributed by atoms with Crippen LogP contribution in [0, 0.1) is 0 Å². The summed E-state index contributed by atoms with van der Waals surface area (Å²) < 4.78 is 9.11. The normalized spacial score (nSPS) is 12.2. The first-order valence-electron chi connectivity index (χ1n) is 9.59. The molecule has 0 fully saturated rings. The highest BCUT2D eigenvalue weighted by Crippen LogP contribution is 2.23. The van der Waals surface area contributed by atoms with E-state index in [-0.39, 0.29) is 11.6 Å². The van der Waals surface area contributed by atoms with E-state index >= 15 is 0 Å². The average molecular weight is 389 g/mol. The molecule has 0 aliphatic heterocycles. The summed E-state index contributed by atoms with van der Waals surface area (Å²) in [6, 6.07) is 19.3. The Bertz CT molecular complexity index is 1270. The zero-order valence-corrected chi connectivity index (χ0v) is 16.7. The maximum absolute atomic E-state index is 12.8. The molecule has 0 radical (unpaired) electrons. The van der Waals surface area contributed by atoms with Gasteiger partial charge in [0.05, 0.1) is 11.0 Å². The molecule has 4 aromatic rings. The molecule has 0 saturated heterocycles. The van der Waals surface area contributed by atoms with Gasteiger partial charge in [0.25, 0.3) is 5.91 Å². The topological polar surface area (TPSA) is 65.3 Å². The maximum atomic E-state index is 12.8. The van der Waals surface area contributed by atoms with Gasteiger partial charge < -0.3 is 10.1 Å². The Morgan fingerprint density at radius 1 is 0.966 bits per heavy atom. The molecule has 6 heteroatoms. The summed E-state index contributed by atoms with van der Waals surface area (Å²) in [7, 11) is 3.45. The van der Waals surface area contributed by atoms with Crippen LogP contribution in [0.5, 0.6) is 5.75 Å². The molecule has 1 aromatic heterocycles. The second-order valence-corrected chi connectivity index (χ2v) is 7.12. The van der Waals surface area contributed by atoms with Gasteiger partial charge in [0.15, 0.2) is 6.10 Å². The van der Waals surface area contributed by atoms with E-state index in [1.165, 1.54) is 0 Å². The Balaban J connectivity index is 1.54. The van der Waals surface area contributed by atoms with E-state index in [9.17, 15) is 9.59 Å².